The van der Waals surface area contributed by atoms with Gasteiger partial charge in [0, 0.05) is 36.8 Å². The Hall–Kier alpha value is -1.36. The van der Waals surface area contributed by atoms with Crippen LogP contribution in [0.1, 0.15) is 34.6 Å². The van der Waals surface area contributed by atoms with E-state index in [4.69, 9.17) is 0 Å². The average Bonchev–Trinajstić information content (AvgIpc) is 2.96. The third-order valence-corrected chi connectivity index (χ3v) is 2.87. The van der Waals surface area contributed by atoms with Gasteiger partial charge in [0.25, 0.3) is 5.91 Å². The second-order valence-electron chi connectivity index (χ2n) is 4.13. The number of carbonyl (C=O) groups is 1. The molecule has 2 aliphatic rings. The SMILES string of the molecule is O=C(NC1CC1)c1n[nH]c2c1C[N]CC2. The molecule has 0 saturated heterocycles. The molecule has 1 radical (unpaired) electrons. The molecule has 1 amide bonds. The topological polar surface area (TPSA) is 71.9 Å². The maximum Gasteiger partial charge on any atom is 0.272 e. The van der Waals surface area contributed by atoms with E-state index >= 15 is 0 Å². The smallest absolute Gasteiger partial charge is 0.272 e. The molecule has 2 heterocycles. The first-order valence-corrected chi connectivity index (χ1v) is 5.35. The second kappa shape index (κ2) is 3.34. The molecule has 1 aliphatic heterocycles. The Morgan fingerprint density at radius 2 is 2.33 bits per heavy atom. The van der Waals surface area contributed by atoms with Crippen LogP contribution in [0.5, 0.6) is 0 Å². The summed E-state index contributed by atoms with van der Waals surface area (Å²) in [7, 11) is 0. The maximum atomic E-state index is 11.8. The molecular formula is C10H13N4O. The van der Waals surface area contributed by atoms with Crippen molar-refractivity contribution in [2.45, 2.75) is 31.8 Å². The van der Waals surface area contributed by atoms with Crippen molar-refractivity contribution in [3.8, 4) is 0 Å². The van der Waals surface area contributed by atoms with E-state index in [2.05, 4.69) is 20.8 Å². The lowest BCUT2D eigenvalue weighted by Gasteiger charge is -2.11. The third kappa shape index (κ3) is 1.63. The molecule has 0 bridgehead atoms. The first kappa shape index (κ1) is 8.91. The van der Waals surface area contributed by atoms with Crippen LogP contribution in [-0.2, 0) is 13.0 Å². The van der Waals surface area contributed by atoms with Gasteiger partial charge in [-0.1, -0.05) is 0 Å². The van der Waals surface area contributed by atoms with Gasteiger partial charge in [0.1, 0.15) is 0 Å². The van der Waals surface area contributed by atoms with Crippen LogP contribution in [0.4, 0.5) is 0 Å². The molecule has 0 spiro atoms. The molecule has 79 valence electrons. The zero-order valence-corrected chi connectivity index (χ0v) is 8.42. The molecule has 5 heteroatoms. The minimum atomic E-state index is -0.0490. The van der Waals surface area contributed by atoms with Crippen molar-refractivity contribution < 1.29 is 4.79 Å². The van der Waals surface area contributed by atoms with Gasteiger partial charge in [0.2, 0.25) is 0 Å². The minimum Gasteiger partial charge on any atom is -0.348 e. The Morgan fingerprint density at radius 1 is 1.47 bits per heavy atom. The normalized spacial score (nSPS) is 19.7. The lowest BCUT2D eigenvalue weighted by atomic mass is 10.1. The molecule has 1 aromatic heterocycles. The van der Waals surface area contributed by atoms with Crippen molar-refractivity contribution in [2.24, 2.45) is 0 Å². The molecule has 2 N–H and O–H groups in total. The molecule has 1 aromatic rings. The Bertz CT molecular complexity index is 394. The molecule has 0 atom stereocenters. The van der Waals surface area contributed by atoms with Gasteiger partial charge in [-0.05, 0) is 12.8 Å². The monoisotopic (exact) mass is 205 g/mol. The summed E-state index contributed by atoms with van der Waals surface area (Å²) in [5.41, 5.74) is 2.60. The van der Waals surface area contributed by atoms with Crippen LogP contribution in [0.2, 0.25) is 0 Å². The van der Waals surface area contributed by atoms with Crippen LogP contribution < -0.4 is 10.6 Å². The molecule has 1 aliphatic carbocycles. The van der Waals surface area contributed by atoms with E-state index < -0.39 is 0 Å². The summed E-state index contributed by atoms with van der Waals surface area (Å²) in [6.07, 6.45) is 3.07. The number of aromatic amines is 1. The zero-order valence-electron chi connectivity index (χ0n) is 8.42. The van der Waals surface area contributed by atoms with Crippen molar-refractivity contribution in [3.63, 3.8) is 0 Å². The molecular weight excluding hydrogens is 192 g/mol. The fraction of sp³-hybridized carbons (Fsp3) is 0.600. The van der Waals surface area contributed by atoms with Crippen LogP contribution in [0.15, 0.2) is 0 Å². The summed E-state index contributed by atoms with van der Waals surface area (Å²) in [6.45, 7) is 1.46. The summed E-state index contributed by atoms with van der Waals surface area (Å²) >= 11 is 0. The standard InChI is InChI=1S/C10H13N4O/c15-10(12-6-1-2-6)9-7-5-11-4-3-8(7)13-14-9/h6H,1-5H2,(H,12,15)(H,13,14). The van der Waals surface area contributed by atoms with E-state index in [0.29, 0.717) is 18.3 Å². The predicted molar refractivity (Wildman–Crippen MR) is 53.5 cm³/mol. The fourth-order valence-corrected chi connectivity index (χ4v) is 1.83. The molecule has 5 nitrogen and oxygen atoms in total. The van der Waals surface area contributed by atoms with Gasteiger partial charge >= 0.3 is 0 Å². The molecule has 1 fully saturated rings. The highest BCUT2D eigenvalue weighted by atomic mass is 16.2. The quantitative estimate of drug-likeness (QED) is 0.711. The van der Waals surface area contributed by atoms with Crippen molar-refractivity contribution in [3.05, 3.63) is 17.0 Å². The highest BCUT2D eigenvalue weighted by molar-refractivity contribution is 5.94. The molecule has 1 saturated carbocycles. The van der Waals surface area contributed by atoms with E-state index in [1.165, 1.54) is 0 Å². The van der Waals surface area contributed by atoms with Crippen molar-refractivity contribution in [2.75, 3.05) is 6.54 Å². The van der Waals surface area contributed by atoms with E-state index in [9.17, 15) is 4.79 Å². The first-order valence-electron chi connectivity index (χ1n) is 5.35. The highest BCUT2D eigenvalue weighted by Crippen LogP contribution is 2.21. The van der Waals surface area contributed by atoms with E-state index in [-0.39, 0.29) is 5.91 Å². The van der Waals surface area contributed by atoms with Gasteiger partial charge in [-0.15, -0.1) is 0 Å². The lowest BCUT2D eigenvalue weighted by Crippen LogP contribution is -2.28. The van der Waals surface area contributed by atoms with Crippen molar-refractivity contribution in [1.82, 2.24) is 20.8 Å². The Labute approximate surface area is 87.6 Å². The van der Waals surface area contributed by atoms with Gasteiger partial charge in [-0.2, -0.15) is 5.10 Å². The number of hydrogen-bond donors (Lipinski definition) is 2. The number of hydrogen-bond acceptors (Lipinski definition) is 2. The van der Waals surface area contributed by atoms with Gasteiger partial charge in [-0.3, -0.25) is 9.89 Å². The first-order chi connectivity index (χ1) is 7.34. The van der Waals surface area contributed by atoms with Crippen LogP contribution in [-0.4, -0.2) is 28.7 Å². The van der Waals surface area contributed by atoms with Crippen molar-refractivity contribution >= 4 is 5.91 Å². The molecule has 15 heavy (non-hydrogen) atoms. The van der Waals surface area contributed by atoms with Crippen LogP contribution in [0.25, 0.3) is 0 Å². The Morgan fingerprint density at radius 3 is 3.13 bits per heavy atom. The van der Waals surface area contributed by atoms with Crippen LogP contribution >= 0.6 is 0 Å². The molecule has 3 rings (SSSR count). The van der Waals surface area contributed by atoms with Crippen LogP contribution in [0.3, 0.4) is 0 Å². The summed E-state index contributed by atoms with van der Waals surface area (Å²) in [5.74, 6) is -0.0490. The zero-order chi connectivity index (χ0) is 10.3. The second-order valence-corrected chi connectivity index (χ2v) is 4.13. The highest BCUT2D eigenvalue weighted by Gasteiger charge is 2.27. The van der Waals surface area contributed by atoms with E-state index in [1.807, 2.05) is 0 Å². The summed E-state index contributed by atoms with van der Waals surface area (Å²) in [4.78, 5) is 11.8. The number of nitrogens with one attached hydrogen (secondary N) is 2. The molecule has 0 aromatic carbocycles. The maximum absolute atomic E-state index is 11.8. The van der Waals surface area contributed by atoms with Crippen LogP contribution in [0, 0.1) is 0 Å². The average molecular weight is 205 g/mol. The number of amides is 1. The number of carbonyl (C=O) groups excluding carboxylic acids is 1. The van der Waals surface area contributed by atoms with Gasteiger partial charge in [0.05, 0.1) is 0 Å². The number of nitrogens with zero attached hydrogens (tertiary/aromatic N) is 2. The van der Waals surface area contributed by atoms with Crippen molar-refractivity contribution in [1.29, 1.82) is 0 Å². The Balaban J connectivity index is 1.83. The minimum absolute atomic E-state index is 0.0490. The van der Waals surface area contributed by atoms with Gasteiger partial charge in [-0.25, -0.2) is 5.32 Å². The summed E-state index contributed by atoms with van der Waals surface area (Å²) in [6, 6.07) is 0.380. The summed E-state index contributed by atoms with van der Waals surface area (Å²) in [5, 5.41) is 14.2. The number of rotatable bonds is 2. The lowest BCUT2D eigenvalue weighted by molar-refractivity contribution is 0.0945. The van der Waals surface area contributed by atoms with E-state index in [0.717, 1.165) is 37.1 Å². The van der Waals surface area contributed by atoms with E-state index in [1.54, 1.807) is 0 Å². The fourth-order valence-electron chi connectivity index (χ4n) is 1.83. The largest absolute Gasteiger partial charge is 0.348 e. The third-order valence-electron chi connectivity index (χ3n) is 2.87. The number of aromatic nitrogens is 2. The van der Waals surface area contributed by atoms with Gasteiger partial charge < -0.3 is 5.32 Å². The Kier molecular flexibility index (Phi) is 1.98. The predicted octanol–water partition coefficient (Wildman–Crippen LogP) is -0.0376. The summed E-state index contributed by atoms with van der Waals surface area (Å²) < 4.78 is 0. The number of H-pyrrole nitrogens is 1. The molecule has 0 unspecified atom stereocenters. The number of fused-ring (bicyclic) bond motifs is 1. The van der Waals surface area contributed by atoms with Gasteiger partial charge in [0.15, 0.2) is 5.69 Å².